The van der Waals surface area contributed by atoms with E-state index < -0.39 is 0 Å². The van der Waals surface area contributed by atoms with E-state index in [1.807, 2.05) is 12.1 Å². The van der Waals surface area contributed by atoms with Gasteiger partial charge < -0.3 is 10.5 Å². The SMILES string of the molecule is Cl.NCCCOc1cc(Cl)cc(Br)c1. The van der Waals surface area contributed by atoms with Crippen molar-refractivity contribution in [1.29, 1.82) is 0 Å². The molecule has 0 radical (unpaired) electrons. The molecule has 0 aliphatic heterocycles. The highest BCUT2D eigenvalue weighted by atomic mass is 79.9. The van der Waals surface area contributed by atoms with E-state index in [1.165, 1.54) is 0 Å². The van der Waals surface area contributed by atoms with E-state index in [1.54, 1.807) is 6.07 Å². The molecule has 1 aromatic carbocycles. The molecule has 0 spiro atoms. The third-order valence-electron chi connectivity index (χ3n) is 1.45. The minimum Gasteiger partial charge on any atom is -0.493 e. The largest absolute Gasteiger partial charge is 0.493 e. The fourth-order valence-corrected chi connectivity index (χ4v) is 1.71. The molecule has 5 heteroatoms. The summed E-state index contributed by atoms with van der Waals surface area (Å²) in [5.74, 6) is 0.771. The van der Waals surface area contributed by atoms with E-state index in [2.05, 4.69) is 15.9 Å². The Kier molecular flexibility index (Phi) is 7.37. The quantitative estimate of drug-likeness (QED) is 0.866. The summed E-state index contributed by atoms with van der Waals surface area (Å²) < 4.78 is 6.33. The van der Waals surface area contributed by atoms with Crippen LogP contribution in [0.3, 0.4) is 0 Å². The molecule has 80 valence electrons. The van der Waals surface area contributed by atoms with Gasteiger partial charge in [-0.3, -0.25) is 0 Å². The molecule has 0 heterocycles. The minimum atomic E-state index is 0. The van der Waals surface area contributed by atoms with Crippen LogP contribution in [-0.4, -0.2) is 13.2 Å². The van der Waals surface area contributed by atoms with Gasteiger partial charge in [-0.2, -0.15) is 0 Å². The molecular weight excluding hydrogens is 289 g/mol. The maximum absolute atomic E-state index is 5.83. The van der Waals surface area contributed by atoms with Crippen LogP contribution in [0.2, 0.25) is 5.02 Å². The Labute approximate surface area is 103 Å². The van der Waals surface area contributed by atoms with Crippen LogP contribution in [-0.2, 0) is 0 Å². The Bertz CT molecular complexity index is 263. The third-order valence-corrected chi connectivity index (χ3v) is 2.13. The second-order valence-electron chi connectivity index (χ2n) is 2.60. The lowest BCUT2D eigenvalue weighted by molar-refractivity contribution is 0.313. The van der Waals surface area contributed by atoms with Crippen LogP contribution in [0.25, 0.3) is 0 Å². The summed E-state index contributed by atoms with van der Waals surface area (Å²) in [6, 6.07) is 5.47. The van der Waals surface area contributed by atoms with Crippen molar-refractivity contribution in [2.45, 2.75) is 6.42 Å². The number of hydrogen-bond donors (Lipinski definition) is 1. The summed E-state index contributed by atoms with van der Waals surface area (Å²) in [5, 5.41) is 0.664. The first-order valence-electron chi connectivity index (χ1n) is 4.01. The van der Waals surface area contributed by atoms with Gasteiger partial charge in [-0.05, 0) is 31.2 Å². The topological polar surface area (TPSA) is 35.2 Å². The van der Waals surface area contributed by atoms with Gasteiger partial charge in [-0.25, -0.2) is 0 Å². The van der Waals surface area contributed by atoms with E-state index in [0.717, 1.165) is 16.6 Å². The van der Waals surface area contributed by atoms with Crippen LogP contribution >= 0.6 is 39.9 Å². The van der Waals surface area contributed by atoms with E-state index in [-0.39, 0.29) is 12.4 Å². The third kappa shape index (κ3) is 5.05. The molecule has 0 aliphatic rings. The minimum absolute atomic E-state index is 0. The van der Waals surface area contributed by atoms with Crippen molar-refractivity contribution in [2.75, 3.05) is 13.2 Å². The van der Waals surface area contributed by atoms with E-state index in [0.29, 0.717) is 18.2 Å². The predicted molar refractivity (Wildman–Crippen MR) is 65.6 cm³/mol. The first-order valence-corrected chi connectivity index (χ1v) is 5.18. The Morgan fingerprint density at radius 2 is 2.07 bits per heavy atom. The highest BCUT2D eigenvalue weighted by molar-refractivity contribution is 9.10. The molecule has 1 rings (SSSR count). The molecule has 0 fully saturated rings. The zero-order valence-corrected chi connectivity index (χ0v) is 10.7. The van der Waals surface area contributed by atoms with Crippen LogP contribution in [0.5, 0.6) is 5.75 Å². The normalized spacial score (nSPS) is 9.36. The number of hydrogen-bond acceptors (Lipinski definition) is 2. The van der Waals surface area contributed by atoms with Gasteiger partial charge >= 0.3 is 0 Å². The van der Waals surface area contributed by atoms with Gasteiger partial charge in [0.25, 0.3) is 0 Å². The van der Waals surface area contributed by atoms with Gasteiger partial charge in [0.2, 0.25) is 0 Å². The molecule has 0 atom stereocenters. The summed E-state index contributed by atoms with van der Waals surface area (Å²) >= 11 is 9.16. The van der Waals surface area contributed by atoms with Crippen molar-refractivity contribution in [1.82, 2.24) is 0 Å². The number of halogens is 3. The highest BCUT2D eigenvalue weighted by Gasteiger charge is 1.97. The van der Waals surface area contributed by atoms with Crippen LogP contribution < -0.4 is 10.5 Å². The fraction of sp³-hybridized carbons (Fsp3) is 0.333. The van der Waals surface area contributed by atoms with E-state index in [9.17, 15) is 0 Å². The molecule has 0 aromatic heterocycles. The predicted octanol–water partition coefficient (Wildman–Crippen LogP) is 3.25. The molecule has 0 bridgehead atoms. The van der Waals surface area contributed by atoms with Crippen molar-refractivity contribution in [3.05, 3.63) is 27.7 Å². The molecule has 0 aliphatic carbocycles. The molecule has 0 unspecified atom stereocenters. The second-order valence-corrected chi connectivity index (χ2v) is 3.95. The second kappa shape index (κ2) is 7.35. The molecule has 14 heavy (non-hydrogen) atoms. The molecule has 2 nitrogen and oxygen atoms in total. The monoisotopic (exact) mass is 299 g/mol. The average Bonchev–Trinajstić information content (AvgIpc) is 2.03. The van der Waals surface area contributed by atoms with Gasteiger partial charge in [-0.1, -0.05) is 27.5 Å². The van der Waals surface area contributed by atoms with Crippen molar-refractivity contribution < 1.29 is 4.74 Å². The molecule has 1 aromatic rings. The standard InChI is InChI=1S/C9H11BrClNO.ClH/c10-7-4-8(11)6-9(5-7)13-3-1-2-12;/h4-6H,1-3,12H2;1H. The van der Waals surface area contributed by atoms with Crippen molar-refractivity contribution in [3.8, 4) is 5.75 Å². The number of nitrogens with two attached hydrogens (primary N) is 1. The lowest BCUT2D eigenvalue weighted by Gasteiger charge is -2.05. The Morgan fingerprint density at radius 1 is 1.36 bits per heavy atom. The highest BCUT2D eigenvalue weighted by Crippen LogP contribution is 2.24. The molecule has 0 amide bonds. The van der Waals surface area contributed by atoms with E-state index >= 15 is 0 Å². The zero-order valence-electron chi connectivity index (χ0n) is 7.50. The lowest BCUT2D eigenvalue weighted by atomic mass is 10.3. The first-order chi connectivity index (χ1) is 6.22. The van der Waals surface area contributed by atoms with Gasteiger partial charge in [-0.15, -0.1) is 12.4 Å². The number of ether oxygens (including phenoxy) is 1. The van der Waals surface area contributed by atoms with Crippen molar-refractivity contribution in [2.24, 2.45) is 5.73 Å². The van der Waals surface area contributed by atoms with Crippen LogP contribution in [0.4, 0.5) is 0 Å². The maximum atomic E-state index is 5.83. The van der Waals surface area contributed by atoms with E-state index in [4.69, 9.17) is 22.1 Å². The average molecular weight is 301 g/mol. The summed E-state index contributed by atoms with van der Waals surface area (Å²) in [4.78, 5) is 0. The molecule has 0 saturated carbocycles. The van der Waals surface area contributed by atoms with Gasteiger partial charge in [0.05, 0.1) is 6.61 Å². The smallest absolute Gasteiger partial charge is 0.121 e. The van der Waals surface area contributed by atoms with Gasteiger partial charge in [0.15, 0.2) is 0 Å². The van der Waals surface area contributed by atoms with Gasteiger partial charge in [0.1, 0.15) is 5.75 Å². The number of benzene rings is 1. The lowest BCUT2D eigenvalue weighted by Crippen LogP contribution is -2.05. The van der Waals surface area contributed by atoms with Crippen molar-refractivity contribution in [3.63, 3.8) is 0 Å². The number of rotatable bonds is 4. The van der Waals surface area contributed by atoms with Crippen LogP contribution in [0, 0.1) is 0 Å². The van der Waals surface area contributed by atoms with Crippen molar-refractivity contribution >= 4 is 39.9 Å². The summed E-state index contributed by atoms with van der Waals surface area (Å²) in [7, 11) is 0. The Hall–Kier alpha value is 0.0400. The molecule has 2 N–H and O–H groups in total. The molecule has 0 saturated heterocycles. The van der Waals surface area contributed by atoms with Gasteiger partial charge in [0, 0.05) is 9.50 Å². The summed E-state index contributed by atoms with van der Waals surface area (Å²) in [5.41, 5.74) is 5.34. The first kappa shape index (κ1) is 14.0. The fourth-order valence-electron chi connectivity index (χ4n) is 0.885. The Morgan fingerprint density at radius 3 is 2.64 bits per heavy atom. The summed E-state index contributed by atoms with van der Waals surface area (Å²) in [6.45, 7) is 1.27. The van der Waals surface area contributed by atoms with Crippen LogP contribution in [0.15, 0.2) is 22.7 Å². The van der Waals surface area contributed by atoms with Crippen LogP contribution in [0.1, 0.15) is 6.42 Å². The summed E-state index contributed by atoms with van der Waals surface area (Å²) in [6.07, 6.45) is 0.851. The maximum Gasteiger partial charge on any atom is 0.121 e. The zero-order chi connectivity index (χ0) is 9.68. The molecular formula is C9H12BrCl2NO. The Balaban J connectivity index is 0.00000169.